The summed E-state index contributed by atoms with van der Waals surface area (Å²) in [5.74, 6) is -1.49. The zero-order valence-corrected chi connectivity index (χ0v) is 16.8. The number of rotatable bonds is 4. The number of nitrogens with two attached hydrogens (primary N) is 1. The molecule has 2 N–H and O–H groups in total. The Labute approximate surface area is 177 Å². The highest BCUT2D eigenvalue weighted by atomic mass is 19.4. The van der Waals surface area contributed by atoms with Crippen LogP contribution in [0.4, 0.5) is 13.2 Å². The van der Waals surface area contributed by atoms with Crippen LogP contribution in [0.2, 0.25) is 0 Å². The van der Waals surface area contributed by atoms with Gasteiger partial charge < -0.3 is 15.2 Å². The van der Waals surface area contributed by atoms with Crippen molar-refractivity contribution in [3.05, 3.63) is 82.4 Å². The van der Waals surface area contributed by atoms with Crippen LogP contribution < -0.4 is 5.73 Å². The standard InChI is InChI=1S/C23H19F3N2O3/c1-3-30-22(29)19-13(2)31-21(28)18(12-27)20(19)17-7-5-4-6-16(17)14-8-10-15(11-9-14)23(24,25)26/h4-11,20H,3,28H2,1-2H3. The van der Waals surface area contributed by atoms with Gasteiger partial charge in [0, 0.05) is 0 Å². The fraction of sp³-hybridized carbons (Fsp3) is 0.217. The molecule has 1 atom stereocenters. The Morgan fingerprint density at radius 2 is 1.84 bits per heavy atom. The zero-order valence-electron chi connectivity index (χ0n) is 16.8. The van der Waals surface area contributed by atoms with Gasteiger partial charge in [-0.3, -0.25) is 0 Å². The third-order valence-corrected chi connectivity index (χ3v) is 4.90. The van der Waals surface area contributed by atoms with Crippen molar-refractivity contribution >= 4 is 5.97 Å². The number of nitrogens with zero attached hydrogens (tertiary/aromatic N) is 1. The topological polar surface area (TPSA) is 85.3 Å². The van der Waals surface area contributed by atoms with Gasteiger partial charge in [-0.05, 0) is 42.7 Å². The van der Waals surface area contributed by atoms with Crippen molar-refractivity contribution in [3.8, 4) is 17.2 Å². The van der Waals surface area contributed by atoms with E-state index in [1.54, 1.807) is 38.1 Å². The smallest absolute Gasteiger partial charge is 0.416 e. The average Bonchev–Trinajstić information content (AvgIpc) is 2.73. The van der Waals surface area contributed by atoms with Gasteiger partial charge in [0.15, 0.2) is 0 Å². The first-order valence-electron chi connectivity index (χ1n) is 9.41. The molecule has 3 rings (SSSR count). The molecule has 0 spiro atoms. The summed E-state index contributed by atoms with van der Waals surface area (Å²) >= 11 is 0. The van der Waals surface area contributed by atoms with Crippen LogP contribution in [0.3, 0.4) is 0 Å². The first-order chi connectivity index (χ1) is 14.7. The molecule has 0 saturated heterocycles. The van der Waals surface area contributed by atoms with Gasteiger partial charge in [-0.15, -0.1) is 0 Å². The lowest BCUT2D eigenvalue weighted by Crippen LogP contribution is -2.25. The van der Waals surface area contributed by atoms with Crippen LogP contribution in [-0.2, 0) is 20.4 Å². The van der Waals surface area contributed by atoms with E-state index in [1.807, 2.05) is 6.07 Å². The number of alkyl halides is 3. The van der Waals surface area contributed by atoms with E-state index in [0.29, 0.717) is 16.7 Å². The van der Waals surface area contributed by atoms with E-state index in [0.717, 1.165) is 12.1 Å². The molecule has 2 aromatic rings. The number of hydrogen-bond acceptors (Lipinski definition) is 5. The molecule has 2 aromatic carbocycles. The highest BCUT2D eigenvalue weighted by Crippen LogP contribution is 2.43. The van der Waals surface area contributed by atoms with E-state index in [4.69, 9.17) is 15.2 Å². The molecule has 0 bridgehead atoms. The Balaban J connectivity index is 2.19. The Morgan fingerprint density at radius 1 is 1.19 bits per heavy atom. The number of allylic oxidation sites excluding steroid dienone is 2. The highest BCUT2D eigenvalue weighted by Gasteiger charge is 2.37. The predicted octanol–water partition coefficient (Wildman–Crippen LogP) is 5.02. The molecular weight excluding hydrogens is 409 g/mol. The van der Waals surface area contributed by atoms with Gasteiger partial charge >= 0.3 is 12.1 Å². The van der Waals surface area contributed by atoms with Crippen molar-refractivity contribution in [2.45, 2.75) is 25.9 Å². The molecule has 0 amide bonds. The van der Waals surface area contributed by atoms with E-state index < -0.39 is 23.6 Å². The summed E-state index contributed by atoms with van der Waals surface area (Å²) in [5.41, 5.74) is 6.86. The second-order valence-corrected chi connectivity index (χ2v) is 6.78. The lowest BCUT2D eigenvalue weighted by molar-refractivity contribution is -0.139. The van der Waals surface area contributed by atoms with Crippen molar-refractivity contribution in [2.75, 3.05) is 6.61 Å². The normalized spacial score (nSPS) is 16.6. The molecular formula is C23H19F3N2O3. The van der Waals surface area contributed by atoms with Crippen LogP contribution in [-0.4, -0.2) is 12.6 Å². The number of ether oxygens (including phenoxy) is 2. The number of carbonyl (C=O) groups excluding carboxylic acids is 1. The molecule has 160 valence electrons. The summed E-state index contributed by atoms with van der Waals surface area (Å²) < 4.78 is 49.4. The monoisotopic (exact) mass is 428 g/mol. The molecule has 1 aliphatic heterocycles. The van der Waals surface area contributed by atoms with Crippen molar-refractivity contribution in [3.63, 3.8) is 0 Å². The summed E-state index contributed by atoms with van der Waals surface area (Å²) in [6.45, 7) is 3.31. The lowest BCUT2D eigenvalue weighted by atomic mass is 9.79. The molecule has 31 heavy (non-hydrogen) atoms. The first kappa shape index (κ1) is 22.0. The van der Waals surface area contributed by atoms with Crippen LogP contribution in [0.25, 0.3) is 11.1 Å². The maximum Gasteiger partial charge on any atom is 0.416 e. The number of nitriles is 1. The lowest BCUT2D eigenvalue weighted by Gasteiger charge is -2.28. The Bertz CT molecular complexity index is 1110. The number of halogens is 3. The summed E-state index contributed by atoms with van der Waals surface area (Å²) in [4.78, 5) is 12.7. The molecule has 0 radical (unpaired) electrons. The van der Waals surface area contributed by atoms with Gasteiger partial charge in [0.1, 0.15) is 17.4 Å². The predicted molar refractivity (Wildman–Crippen MR) is 107 cm³/mol. The quantitative estimate of drug-likeness (QED) is 0.692. The molecule has 0 aliphatic carbocycles. The van der Waals surface area contributed by atoms with E-state index in [2.05, 4.69) is 0 Å². The minimum absolute atomic E-state index is 0.0213. The molecule has 0 aromatic heterocycles. The number of benzene rings is 2. The molecule has 5 nitrogen and oxygen atoms in total. The molecule has 1 heterocycles. The second-order valence-electron chi connectivity index (χ2n) is 6.78. The zero-order chi connectivity index (χ0) is 22.8. The maximum atomic E-state index is 13.0. The summed E-state index contributed by atoms with van der Waals surface area (Å²) in [5, 5.41) is 9.73. The van der Waals surface area contributed by atoms with E-state index in [1.165, 1.54) is 12.1 Å². The number of carbonyl (C=O) groups is 1. The fourth-order valence-electron chi connectivity index (χ4n) is 3.52. The molecule has 0 saturated carbocycles. The second kappa shape index (κ2) is 8.56. The van der Waals surface area contributed by atoms with Gasteiger partial charge in [-0.2, -0.15) is 18.4 Å². The highest BCUT2D eigenvalue weighted by molar-refractivity contribution is 5.93. The SMILES string of the molecule is CCOC(=O)C1=C(C)OC(N)=C(C#N)C1c1ccccc1-c1ccc(C(F)(F)F)cc1. The van der Waals surface area contributed by atoms with Crippen molar-refractivity contribution < 1.29 is 27.4 Å². The summed E-state index contributed by atoms with van der Waals surface area (Å²) in [7, 11) is 0. The Morgan fingerprint density at radius 3 is 2.42 bits per heavy atom. The van der Waals surface area contributed by atoms with Crippen LogP contribution >= 0.6 is 0 Å². The number of esters is 1. The summed E-state index contributed by atoms with van der Waals surface area (Å²) in [6.07, 6.45) is -4.46. The van der Waals surface area contributed by atoms with Gasteiger partial charge in [0.25, 0.3) is 0 Å². The minimum atomic E-state index is -4.46. The van der Waals surface area contributed by atoms with Crippen molar-refractivity contribution in [2.24, 2.45) is 5.73 Å². The van der Waals surface area contributed by atoms with E-state index >= 15 is 0 Å². The molecule has 8 heteroatoms. The van der Waals surface area contributed by atoms with Crippen molar-refractivity contribution in [1.29, 1.82) is 5.26 Å². The molecule has 0 fully saturated rings. The van der Waals surface area contributed by atoms with Crippen LogP contribution in [0.5, 0.6) is 0 Å². The number of hydrogen-bond donors (Lipinski definition) is 1. The van der Waals surface area contributed by atoms with Gasteiger partial charge in [0.05, 0.1) is 23.7 Å². The fourth-order valence-corrected chi connectivity index (χ4v) is 3.52. The van der Waals surface area contributed by atoms with Gasteiger partial charge in [-0.1, -0.05) is 36.4 Å². The Kier molecular flexibility index (Phi) is 6.07. The van der Waals surface area contributed by atoms with Crippen LogP contribution in [0, 0.1) is 11.3 Å². The van der Waals surface area contributed by atoms with Crippen LogP contribution in [0.1, 0.15) is 30.9 Å². The van der Waals surface area contributed by atoms with E-state index in [9.17, 15) is 23.2 Å². The van der Waals surface area contributed by atoms with Gasteiger partial charge in [0.2, 0.25) is 5.88 Å². The first-order valence-corrected chi connectivity index (χ1v) is 9.41. The van der Waals surface area contributed by atoms with Crippen LogP contribution in [0.15, 0.2) is 71.3 Å². The molecule has 1 aliphatic rings. The van der Waals surface area contributed by atoms with Crippen molar-refractivity contribution in [1.82, 2.24) is 0 Å². The molecule has 1 unspecified atom stereocenters. The third kappa shape index (κ3) is 4.26. The third-order valence-electron chi connectivity index (χ3n) is 4.90. The average molecular weight is 428 g/mol. The maximum absolute atomic E-state index is 13.0. The Hall–Kier alpha value is -3.73. The summed E-state index contributed by atoms with van der Waals surface area (Å²) in [6, 6.07) is 13.5. The minimum Gasteiger partial charge on any atom is -0.463 e. The largest absolute Gasteiger partial charge is 0.463 e. The van der Waals surface area contributed by atoms with E-state index in [-0.39, 0.29) is 29.4 Å². The van der Waals surface area contributed by atoms with Gasteiger partial charge in [-0.25, -0.2) is 4.79 Å².